The highest BCUT2D eigenvalue weighted by molar-refractivity contribution is 6.04. The predicted octanol–water partition coefficient (Wildman–Crippen LogP) is 6.25. The van der Waals surface area contributed by atoms with Crippen LogP contribution in [0.1, 0.15) is 35.3 Å². The summed E-state index contributed by atoms with van der Waals surface area (Å²) in [5.41, 5.74) is 3.39. The second kappa shape index (κ2) is 10.7. The molecule has 0 atom stereocenters. The number of hydrogen-bond acceptors (Lipinski definition) is 4. The Hall–Kier alpha value is -4.38. The van der Waals surface area contributed by atoms with Gasteiger partial charge in [0, 0.05) is 16.7 Å². The summed E-state index contributed by atoms with van der Waals surface area (Å²) in [7, 11) is 0. The van der Waals surface area contributed by atoms with Crippen LogP contribution in [-0.4, -0.2) is 18.5 Å². The normalized spacial score (nSPS) is 10.9. The van der Waals surface area contributed by atoms with Crippen molar-refractivity contribution in [2.75, 3.05) is 11.9 Å². The van der Waals surface area contributed by atoms with Crippen molar-refractivity contribution in [3.05, 3.63) is 126 Å². The Balaban J connectivity index is 1.28. The average molecular weight is 466 g/mol. The quantitative estimate of drug-likeness (QED) is 0.247. The Morgan fingerprint density at radius 1 is 0.686 bits per heavy atom. The van der Waals surface area contributed by atoms with E-state index in [-0.39, 0.29) is 17.9 Å². The van der Waals surface area contributed by atoms with E-state index in [0.29, 0.717) is 22.7 Å². The van der Waals surface area contributed by atoms with Crippen LogP contribution in [0.2, 0.25) is 0 Å². The molecule has 0 saturated heterocycles. The molecule has 5 nitrogen and oxygen atoms in total. The third kappa shape index (κ3) is 6.15. The molecule has 0 spiro atoms. The first-order valence-electron chi connectivity index (χ1n) is 11.4. The van der Waals surface area contributed by atoms with Gasteiger partial charge in [-0.1, -0.05) is 74.5 Å². The standard InChI is InChI=1S/C30H27NO4/c1-30(2,23-9-5-3-6-10-23)24-15-19-26(20-16-24)34-21-28(32)35-27-17-13-22(14-18-27)29(33)31-25-11-7-4-8-12-25/h3-20H,21H2,1-2H3,(H,31,33). The second-order valence-corrected chi connectivity index (χ2v) is 8.62. The highest BCUT2D eigenvalue weighted by Gasteiger charge is 2.22. The van der Waals surface area contributed by atoms with Crippen LogP contribution in [0, 0.1) is 0 Å². The molecule has 5 heteroatoms. The lowest BCUT2D eigenvalue weighted by molar-refractivity contribution is -0.136. The molecule has 4 rings (SSSR count). The van der Waals surface area contributed by atoms with E-state index in [2.05, 4.69) is 31.3 Å². The SMILES string of the molecule is CC(C)(c1ccccc1)c1ccc(OCC(=O)Oc2ccc(C(=O)Nc3ccccc3)cc2)cc1. The lowest BCUT2D eigenvalue weighted by Crippen LogP contribution is -2.19. The molecule has 1 N–H and O–H groups in total. The smallest absolute Gasteiger partial charge is 0.349 e. The number of benzene rings is 4. The number of anilines is 1. The fraction of sp³-hybridized carbons (Fsp3) is 0.133. The van der Waals surface area contributed by atoms with Gasteiger partial charge in [-0.2, -0.15) is 0 Å². The van der Waals surface area contributed by atoms with E-state index in [4.69, 9.17) is 9.47 Å². The van der Waals surface area contributed by atoms with Crippen molar-refractivity contribution in [1.82, 2.24) is 0 Å². The number of carbonyl (C=O) groups excluding carboxylic acids is 2. The topological polar surface area (TPSA) is 64.6 Å². The summed E-state index contributed by atoms with van der Waals surface area (Å²) >= 11 is 0. The van der Waals surface area contributed by atoms with Crippen molar-refractivity contribution >= 4 is 17.6 Å². The van der Waals surface area contributed by atoms with Gasteiger partial charge in [0.2, 0.25) is 0 Å². The van der Waals surface area contributed by atoms with E-state index in [0.717, 1.165) is 5.56 Å². The Morgan fingerprint density at radius 2 is 1.23 bits per heavy atom. The van der Waals surface area contributed by atoms with E-state index in [9.17, 15) is 9.59 Å². The lowest BCUT2D eigenvalue weighted by Gasteiger charge is -2.26. The Kier molecular flexibility index (Phi) is 7.27. The fourth-order valence-corrected chi connectivity index (χ4v) is 3.69. The molecule has 0 bridgehead atoms. The van der Waals surface area contributed by atoms with Crippen molar-refractivity contribution in [2.45, 2.75) is 19.3 Å². The molecule has 0 aromatic heterocycles. The van der Waals surface area contributed by atoms with E-state index >= 15 is 0 Å². The van der Waals surface area contributed by atoms with Crippen molar-refractivity contribution in [3.8, 4) is 11.5 Å². The van der Waals surface area contributed by atoms with Crippen LogP contribution in [0.5, 0.6) is 11.5 Å². The molecule has 0 unspecified atom stereocenters. The van der Waals surface area contributed by atoms with Gasteiger partial charge in [-0.15, -0.1) is 0 Å². The molecule has 0 aliphatic rings. The van der Waals surface area contributed by atoms with Gasteiger partial charge in [0.15, 0.2) is 6.61 Å². The first kappa shape index (κ1) is 23.8. The number of ether oxygens (including phenoxy) is 2. The van der Waals surface area contributed by atoms with E-state index < -0.39 is 5.97 Å². The first-order valence-corrected chi connectivity index (χ1v) is 11.4. The molecular formula is C30H27NO4. The van der Waals surface area contributed by atoms with Gasteiger partial charge in [0.25, 0.3) is 5.91 Å². The van der Waals surface area contributed by atoms with Gasteiger partial charge in [0.1, 0.15) is 11.5 Å². The maximum Gasteiger partial charge on any atom is 0.349 e. The number of para-hydroxylation sites is 1. The molecule has 4 aromatic carbocycles. The summed E-state index contributed by atoms with van der Waals surface area (Å²) < 4.78 is 10.9. The van der Waals surface area contributed by atoms with Crippen molar-refractivity contribution < 1.29 is 19.1 Å². The molecule has 0 saturated carbocycles. The highest BCUT2D eigenvalue weighted by atomic mass is 16.6. The number of amides is 1. The molecule has 1 amide bonds. The number of hydrogen-bond donors (Lipinski definition) is 1. The molecular weight excluding hydrogens is 438 g/mol. The number of rotatable bonds is 8. The zero-order valence-electron chi connectivity index (χ0n) is 19.7. The van der Waals surface area contributed by atoms with Gasteiger partial charge in [-0.3, -0.25) is 4.79 Å². The summed E-state index contributed by atoms with van der Waals surface area (Å²) in [5, 5.41) is 2.81. The van der Waals surface area contributed by atoms with Crippen LogP contribution in [0.25, 0.3) is 0 Å². The summed E-state index contributed by atoms with van der Waals surface area (Å²) in [6.45, 7) is 4.12. The number of carbonyl (C=O) groups is 2. The number of nitrogens with one attached hydrogen (secondary N) is 1. The average Bonchev–Trinajstić information content (AvgIpc) is 2.89. The highest BCUT2D eigenvalue weighted by Crippen LogP contribution is 2.32. The summed E-state index contributed by atoms with van der Waals surface area (Å²) in [6, 6.07) is 33.6. The van der Waals surface area contributed by atoms with Gasteiger partial charge in [-0.25, -0.2) is 4.79 Å². The zero-order chi connectivity index (χ0) is 24.7. The molecule has 0 fully saturated rings. The van der Waals surface area contributed by atoms with Crippen LogP contribution in [0.4, 0.5) is 5.69 Å². The first-order chi connectivity index (χ1) is 16.9. The van der Waals surface area contributed by atoms with E-state index in [1.54, 1.807) is 24.3 Å². The van der Waals surface area contributed by atoms with Crippen LogP contribution in [0.15, 0.2) is 109 Å². The monoisotopic (exact) mass is 465 g/mol. The van der Waals surface area contributed by atoms with E-state index in [1.165, 1.54) is 5.56 Å². The molecule has 4 aromatic rings. The van der Waals surface area contributed by atoms with Crippen molar-refractivity contribution in [2.24, 2.45) is 0 Å². The largest absolute Gasteiger partial charge is 0.482 e. The summed E-state index contributed by atoms with van der Waals surface area (Å²) in [6.07, 6.45) is 0. The van der Waals surface area contributed by atoms with Crippen LogP contribution in [-0.2, 0) is 10.2 Å². The summed E-state index contributed by atoms with van der Waals surface area (Å²) in [5.74, 6) is 0.161. The summed E-state index contributed by atoms with van der Waals surface area (Å²) in [4.78, 5) is 24.6. The Morgan fingerprint density at radius 3 is 1.86 bits per heavy atom. The Labute approximate surface area is 205 Å². The molecule has 176 valence electrons. The van der Waals surface area contributed by atoms with Crippen LogP contribution < -0.4 is 14.8 Å². The Bertz CT molecular complexity index is 1270. The minimum atomic E-state index is -0.528. The van der Waals surface area contributed by atoms with Crippen LogP contribution >= 0.6 is 0 Å². The molecule has 0 heterocycles. The van der Waals surface area contributed by atoms with Gasteiger partial charge >= 0.3 is 5.97 Å². The minimum Gasteiger partial charge on any atom is -0.482 e. The van der Waals surface area contributed by atoms with Gasteiger partial charge < -0.3 is 14.8 Å². The molecule has 35 heavy (non-hydrogen) atoms. The minimum absolute atomic E-state index is 0.150. The zero-order valence-corrected chi connectivity index (χ0v) is 19.7. The van der Waals surface area contributed by atoms with Crippen molar-refractivity contribution in [3.63, 3.8) is 0 Å². The van der Waals surface area contributed by atoms with Crippen molar-refractivity contribution in [1.29, 1.82) is 0 Å². The predicted molar refractivity (Wildman–Crippen MR) is 137 cm³/mol. The number of esters is 1. The molecule has 0 aliphatic carbocycles. The lowest BCUT2D eigenvalue weighted by atomic mass is 9.78. The molecule has 0 radical (unpaired) electrons. The third-order valence-electron chi connectivity index (χ3n) is 5.81. The van der Waals surface area contributed by atoms with Gasteiger partial charge in [0.05, 0.1) is 0 Å². The van der Waals surface area contributed by atoms with Gasteiger partial charge in [-0.05, 0) is 59.7 Å². The van der Waals surface area contributed by atoms with E-state index in [1.807, 2.05) is 72.8 Å². The maximum atomic E-state index is 12.3. The maximum absolute atomic E-state index is 12.3. The second-order valence-electron chi connectivity index (χ2n) is 8.62. The molecule has 0 aliphatic heterocycles. The third-order valence-corrected chi connectivity index (χ3v) is 5.81. The van der Waals surface area contributed by atoms with Crippen LogP contribution in [0.3, 0.4) is 0 Å². The fourth-order valence-electron chi connectivity index (χ4n) is 3.69.